The van der Waals surface area contributed by atoms with Crippen LogP contribution in [0.25, 0.3) is 0 Å². The van der Waals surface area contributed by atoms with E-state index >= 15 is 0 Å². The Labute approximate surface area is 218 Å². The number of ether oxygens (including phenoxy) is 2. The van der Waals surface area contributed by atoms with E-state index in [2.05, 4.69) is 15.0 Å². The minimum absolute atomic E-state index is 0.0147. The quantitative estimate of drug-likeness (QED) is 0.482. The molecule has 1 aromatic carbocycles. The van der Waals surface area contributed by atoms with E-state index < -0.39 is 24.7 Å². The molecule has 2 fully saturated rings. The molecule has 10 nitrogen and oxygen atoms in total. The lowest BCUT2D eigenvalue weighted by molar-refractivity contribution is -0.125. The van der Waals surface area contributed by atoms with E-state index in [0.717, 1.165) is 17.7 Å². The van der Waals surface area contributed by atoms with Crippen LogP contribution in [0, 0.1) is 5.92 Å². The molecule has 1 aromatic heterocycles. The maximum Gasteiger partial charge on any atom is 0.408 e. The third kappa shape index (κ3) is 6.67. The van der Waals surface area contributed by atoms with E-state index in [0.29, 0.717) is 23.8 Å². The smallest absolute Gasteiger partial charge is 0.408 e. The van der Waals surface area contributed by atoms with Gasteiger partial charge in [0.05, 0.1) is 18.8 Å². The van der Waals surface area contributed by atoms with Gasteiger partial charge in [0.1, 0.15) is 11.7 Å². The van der Waals surface area contributed by atoms with Crippen LogP contribution < -0.4 is 14.8 Å². The lowest BCUT2D eigenvalue weighted by Gasteiger charge is -2.20. The predicted octanol–water partition coefficient (Wildman–Crippen LogP) is 3.33. The van der Waals surface area contributed by atoms with Gasteiger partial charge in [-0.05, 0) is 55.0 Å². The molecule has 1 saturated heterocycles. The highest BCUT2D eigenvalue weighted by Gasteiger charge is 2.40. The van der Waals surface area contributed by atoms with Crippen molar-refractivity contribution in [1.29, 1.82) is 0 Å². The zero-order valence-electron chi connectivity index (χ0n) is 21.1. The zero-order chi connectivity index (χ0) is 27.4. The van der Waals surface area contributed by atoms with E-state index in [1.807, 2.05) is 0 Å². The Morgan fingerprint density at radius 2 is 1.95 bits per heavy atom. The van der Waals surface area contributed by atoms with Crippen LogP contribution in [0.1, 0.15) is 46.9 Å². The van der Waals surface area contributed by atoms with E-state index in [9.17, 15) is 28.3 Å². The monoisotopic (exact) mass is 532 g/mol. The lowest BCUT2D eigenvalue weighted by atomic mass is 9.95. The van der Waals surface area contributed by atoms with E-state index in [4.69, 9.17) is 4.74 Å². The van der Waals surface area contributed by atoms with Crippen LogP contribution in [-0.2, 0) is 11.3 Å². The van der Waals surface area contributed by atoms with Crippen molar-refractivity contribution in [2.45, 2.75) is 44.4 Å². The Bertz CT molecular complexity index is 1190. The van der Waals surface area contributed by atoms with Crippen molar-refractivity contribution in [3.05, 3.63) is 53.3 Å². The average Bonchev–Trinajstić information content (AvgIpc) is 3.60. The summed E-state index contributed by atoms with van der Waals surface area (Å²) in [4.78, 5) is 43.8. The number of halogens is 2. The minimum Gasteiger partial charge on any atom is -0.489 e. The van der Waals surface area contributed by atoms with Crippen LogP contribution in [0.3, 0.4) is 0 Å². The molecule has 2 N–H and O–H groups in total. The molecule has 3 amide bonds. The van der Waals surface area contributed by atoms with Gasteiger partial charge in [0, 0.05) is 26.6 Å². The molecule has 1 saturated carbocycles. The van der Waals surface area contributed by atoms with Crippen LogP contribution in [0.2, 0.25) is 0 Å². The molecule has 0 spiro atoms. The number of carboxylic acid groups (broad SMARTS) is 1. The van der Waals surface area contributed by atoms with Crippen molar-refractivity contribution < 1.29 is 37.7 Å². The fraction of sp³-hybridized carbons (Fsp3) is 0.462. The van der Waals surface area contributed by atoms with Gasteiger partial charge in [0.15, 0.2) is 11.5 Å². The molecule has 12 heteroatoms. The molecule has 1 aliphatic heterocycles. The Hall–Kier alpha value is -3.96. The Kier molecular flexibility index (Phi) is 8.28. The summed E-state index contributed by atoms with van der Waals surface area (Å²) in [6.45, 7) is -2.56. The van der Waals surface area contributed by atoms with Crippen LogP contribution in [0.5, 0.6) is 11.5 Å². The zero-order valence-corrected chi connectivity index (χ0v) is 21.1. The number of amides is 3. The molecular formula is C26H30F2N4O6. The van der Waals surface area contributed by atoms with Gasteiger partial charge in [-0.2, -0.15) is 8.78 Å². The van der Waals surface area contributed by atoms with Gasteiger partial charge in [-0.3, -0.25) is 14.5 Å². The molecule has 1 unspecified atom stereocenters. The molecule has 204 valence electrons. The number of nitrogens with one attached hydrogen (secondary N) is 1. The Morgan fingerprint density at radius 3 is 2.61 bits per heavy atom. The fourth-order valence-corrected chi connectivity index (χ4v) is 4.34. The number of aromatic nitrogens is 1. The largest absolute Gasteiger partial charge is 0.489 e. The summed E-state index contributed by atoms with van der Waals surface area (Å²) in [6.07, 6.45) is 0.988. The highest BCUT2D eigenvalue weighted by molar-refractivity contribution is 5.92. The molecule has 0 radical (unpaired) electrons. The number of benzene rings is 1. The van der Waals surface area contributed by atoms with E-state index in [1.165, 1.54) is 11.0 Å². The number of carbonyl (C=O) groups excluding carboxylic acids is 2. The maximum absolute atomic E-state index is 13.0. The molecule has 4 rings (SSSR count). The molecule has 38 heavy (non-hydrogen) atoms. The summed E-state index contributed by atoms with van der Waals surface area (Å²) in [6, 6.07) is 8.48. The molecule has 0 bridgehead atoms. The van der Waals surface area contributed by atoms with Crippen molar-refractivity contribution in [3.63, 3.8) is 0 Å². The van der Waals surface area contributed by atoms with Crippen molar-refractivity contribution in [3.8, 4) is 11.5 Å². The summed E-state index contributed by atoms with van der Waals surface area (Å²) in [5, 5.41) is 12.5. The van der Waals surface area contributed by atoms with Gasteiger partial charge in [-0.1, -0.05) is 12.1 Å². The standard InChI is InChI=1S/C26H30F2N4O6/c1-31(2)24(34)19-5-3-4-18(30-19)12-29-23(33)20-10-17(13-32(20)26(35)36)16-8-9-21(38-25(27)28)22(11-16)37-14-15-6-7-15/h3-5,8-9,11,15,17,20,25H,6-7,10,12-14H2,1-2H3,(H,29,33)(H,35,36)/t17?,20-/m1/s1. The van der Waals surface area contributed by atoms with Crippen molar-refractivity contribution in [1.82, 2.24) is 20.1 Å². The van der Waals surface area contributed by atoms with Gasteiger partial charge < -0.3 is 24.8 Å². The number of likely N-dealkylation sites (tertiary alicyclic amines) is 1. The molecule has 2 heterocycles. The molecule has 2 aromatic rings. The molecular weight excluding hydrogens is 502 g/mol. The first kappa shape index (κ1) is 27.1. The second-order valence-electron chi connectivity index (χ2n) is 9.65. The van der Waals surface area contributed by atoms with E-state index in [-0.39, 0.29) is 48.5 Å². The van der Waals surface area contributed by atoms with E-state index in [1.54, 1.807) is 44.4 Å². The highest BCUT2D eigenvalue weighted by atomic mass is 19.3. The summed E-state index contributed by atoms with van der Waals surface area (Å²) in [7, 11) is 3.22. The average molecular weight is 533 g/mol. The van der Waals surface area contributed by atoms with Crippen LogP contribution in [0.4, 0.5) is 13.6 Å². The number of carbonyl (C=O) groups is 3. The lowest BCUT2D eigenvalue weighted by Crippen LogP contribution is -2.45. The Morgan fingerprint density at radius 1 is 1.18 bits per heavy atom. The normalized spacial score (nSPS) is 18.8. The van der Waals surface area contributed by atoms with Crippen molar-refractivity contribution in [2.24, 2.45) is 5.92 Å². The third-order valence-corrected chi connectivity index (χ3v) is 6.55. The second kappa shape index (κ2) is 11.6. The first-order chi connectivity index (χ1) is 18.1. The van der Waals surface area contributed by atoms with Crippen LogP contribution in [-0.4, -0.2) is 77.7 Å². The molecule has 2 atom stereocenters. The number of rotatable bonds is 10. The molecule has 2 aliphatic rings. The number of hydrogen-bond acceptors (Lipinski definition) is 6. The number of pyridine rings is 1. The third-order valence-electron chi connectivity index (χ3n) is 6.55. The van der Waals surface area contributed by atoms with Crippen LogP contribution in [0.15, 0.2) is 36.4 Å². The number of alkyl halides is 2. The topological polar surface area (TPSA) is 121 Å². The summed E-state index contributed by atoms with van der Waals surface area (Å²) < 4.78 is 36.1. The number of nitrogens with zero attached hydrogens (tertiary/aromatic N) is 3. The van der Waals surface area contributed by atoms with Gasteiger partial charge in [-0.15, -0.1) is 0 Å². The maximum atomic E-state index is 13.0. The highest BCUT2D eigenvalue weighted by Crippen LogP contribution is 2.39. The van der Waals surface area contributed by atoms with Gasteiger partial charge in [-0.25, -0.2) is 9.78 Å². The predicted molar refractivity (Wildman–Crippen MR) is 131 cm³/mol. The van der Waals surface area contributed by atoms with Crippen LogP contribution >= 0.6 is 0 Å². The minimum atomic E-state index is -3.01. The SMILES string of the molecule is CN(C)C(=O)c1cccc(CNC(=O)[C@H]2CC(c3ccc(OC(F)F)c(OCC4CC4)c3)CN2C(=O)O)n1. The van der Waals surface area contributed by atoms with Crippen molar-refractivity contribution in [2.75, 3.05) is 27.2 Å². The fourth-order valence-electron chi connectivity index (χ4n) is 4.34. The number of hydrogen-bond donors (Lipinski definition) is 2. The summed E-state index contributed by atoms with van der Waals surface area (Å²) in [5.41, 5.74) is 1.35. The first-order valence-corrected chi connectivity index (χ1v) is 12.3. The van der Waals surface area contributed by atoms with Crippen molar-refractivity contribution >= 4 is 17.9 Å². The van der Waals surface area contributed by atoms with Gasteiger partial charge in [0.2, 0.25) is 5.91 Å². The summed E-state index contributed by atoms with van der Waals surface area (Å²) in [5.74, 6) is -0.665. The molecule has 1 aliphatic carbocycles. The van der Waals surface area contributed by atoms with Gasteiger partial charge >= 0.3 is 12.7 Å². The first-order valence-electron chi connectivity index (χ1n) is 12.3. The Balaban J connectivity index is 1.45. The van der Waals surface area contributed by atoms with Gasteiger partial charge in [0.25, 0.3) is 5.91 Å². The second-order valence-corrected chi connectivity index (χ2v) is 9.65. The summed E-state index contributed by atoms with van der Waals surface area (Å²) >= 11 is 0.